The van der Waals surface area contributed by atoms with Crippen molar-refractivity contribution < 1.29 is 4.42 Å². The summed E-state index contributed by atoms with van der Waals surface area (Å²) in [7, 11) is 0. The molecular weight excluding hydrogens is 733 g/mol. The Labute approximate surface area is 344 Å². The molecule has 0 radical (unpaired) electrons. The minimum atomic E-state index is -0.319. The fourth-order valence-corrected chi connectivity index (χ4v) is 9.65. The molecule has 5 nitrogen and oxygen atoms in total. The summed E-state index contributed by atoms with van der Waals surface area (Å²) in [6, 6.07) is 69.9. The smallest absolute Gasteiger partial charge is 0.143 e. The molecule has 1 aliphatic heterocycles. The van der Waals surface area contributed by atoms with Gasteiger partial charge in [0.05, 0.1) is 22.1 Å². The molecule has 2 atom stereocenters. The highest BCUT2D eigenvalue weighted by Gasteiger charge is 2.28. The van der Waals surface area contributed by atoms with Crippen LogP contribution >= 0.6 is 0 Å². The first-order valence-corrected chi connectivity index (χ1v) is 20.6. The molecule has 60 heavy (non-hydrogen) atoms. The zero-order chi connectivity index (χ0) is 39.3. The summed E-state index contributed by atoms with van der Waals surface area (Å²) in [5.41, 5.74) is 8.22. The summed E-state index contributed by atoms with van der Waals surface area (Å²) < 4.78 is 9.48. The van der Waals surface area contributed by atoms with Crippen molar-refractivity contribution >= 4 is 92.7 Å². The van der Waals surface area contributed by atoms with Crippen LogP contribution < -0.4 is 10.6 Å². The Morgan fingerprint density at radius 1 is 0.450 bits per heavy atom. The number of rotatable bonds is 4. The van der Waals surface area contributed by atoms with Crippen LogP contribution in [0.3, 0.4) is 0 Å². The molecule has 10 aromatic carbocycles. The van der Waals surface area contributed by atoms with Crippen molar-refractivity contribution in [1.82, 2.24) is 15.2 Å². The van der Waals surface area contributed by atoms with Crippen LogP contribution in [0.4, 0.5) is 0 Å². The number of amidine groups is 1. The highest BCUT2D eigenvalue weighted by Crippen LogP contribution is 2.42. The Morgan fingerprint density at radius 2 is 1.05 bits per heavy atom. The molecule has 5 heteroatoms. The molecule has 1 aliphatic rings. The quantitative estimate of drug-likeness (QED) is 0.187. The molecule has 0 bridgehead atoms. The lowest BCUT2D eigenvalue weighted by atomic mass is 10.0. The Morgan fingerprint density at radius 3 is 1.82 bits per heavy atom. The van der Waals surface area contributed by atoms with E-state index in [1.54, 1.807) is 0 Å². The third-order valence-corrected chi connectivity index (χ3v) is 12.6. The van der Waals surface area contributed by atoms with Crippen molar-refractivity contribution in [2.75, 3.05) is 0 Å². The number of nitrogens with one attached hydrogen (secondary N) is 2. The van der Waals surface area contributed by atoms with Gasteiger partial charge in [-0.1, -0.05) is 146 Å². The molecule has 0 saturated carbocycles. The van der Waals surface area contributed by atoms with Crippen molar-refractivity contribution in [2.45, 2.75) is 12.3 Å². The number of benzene rings is 10. The normalized spacial score (nSPS) is 15.8. The molecule has 2 aromatic heterocycles. The Bertz CT molecular complexity index is 3760. The highest BCUT2D eigenvalue weighted by atomic mass is 16.3. The number of para-hydroxylation sites is 1. The summed E-state index contributed by atoms with van der Waals surface area (Å²) in [6.07, 6.45) is -0.544. The highest BCUT2D eigenvalue weighted by molar-refractivity contribution is 6.21. The van der Waals surface area contributed by atoms with Gasteiger partial charge in [0.1, 0.15) is 29.3 Å². The Kier molecular flexibility index (Phi) is 7.14. The van der Waals surface area contributed by atoms with Gasteiger partial charge < -0.3 is 14.3 Å². The van der Waals surface area contributed by atoms with E-state index in [0.29, 0.717) is 0 Å². The lowest BCUT2D eigenvalue weighted by Gasteiger charge is -2.32. The molecule has 13 rings (SSSR count). The Balaban J connectivity index is 1.09. The van der Waals surface area contributed by atoms with E-state index in [-0.39, 0.29) is 12.3 Å². The summed E-state index contributed by atoms with van der Waals surface area (Å²) in [5, 5.41) is 21.8. The second-order valence-corrected chi connectivity index (χ2v) is 16.0. The number of aromatic nitrogens is 1. The summed E-state index contributed by atoms with van der Waals surface area (Å²) in [6.45, 7) is 0. The van der Waals surface area contributed by atoms with Crippen molar-refractivity contribution in [1.29, 1.82) is 0 Å². The first kappa shape index (κ1) is 33.3. The third-order valence-electron chi connectivity index (χ3n) is 12.6. The number of nitrogens with zero attached hydrogens (tertiary/aromatic N) is 2. The van der Waals surface area contributed by atoms with Gasteiger partial charge in [0.25, 0.3) is 0 Å². The molecule has 0 saturated heterocycles. The van der Waals surface area contributed by atoms with Crippen LogP contribution in [0.5, 0.6) is 0 Å². The van der Waals surface area contributed by atoms with Gasteiger partial charge in [0.2, 0.25) is 0 Å². The maximum atomic E-state index is 7.04. The monoisotopic (exact) mass is 768 g/mol. The van der Waals surface area contributed by atoms with Gasteiger partial charge in [-0.2, -0.15) is 0 Å². The average Bonchev–Trinajstić information content (AvgIpc) is 3.85. The lowest BCUT2D eigenvalue weighted by molar-refractivity contribution is 0.409. The minimum Gasteiger partial charge on any atom is -0.455 e. The summed E-state index contributed by atoms with van der Waals surface area (Å²) in [5.74, 6) is 0.796. The predicted octanol–water partition coefficient (Wildman–Crippen LogP) is 13.6. The van der Waals surface area contributed by atoms with Gasteiger partial charge in [0, 0.05) is 27.1 Å². The number of hydrogen-bond donors (Lipinski definition) is 2. The van der Waals surface area contributed by atoms with Gasteiger partial charge in [-0.15, -0.1) is 0 Å². The van der Waals surface area contributed by atoms with E-state index in [1.807, 2.05) is 0 Å². The van der Waals surface area contributed by atoms with Crippen molar-refractivity contribution in [3.05, 3.63) is 211 Å². The molecule has 0 fully saturated rings. The lowest BCUT2D eigenvalue weighted by Crippen LogP contribution is -2.45. The maximum absolute atomic E-state index is 7.04. The summed E-state index contributed by atoms with van der Waals surface area (Å²) >= 11 is 0. The van der Waals surface area contributed by atoms with Crippen LogP contribution in [0.15, 0.2) is 204 Å². The largest absolute Gasteiger partial charge is 0.455 e. The number of furan rings is 1. The molecule has 12 aromatic rings. The average molecular weight is 769 g/mol. The molecule has 2 unspecified atom stereocenters. The maximum Gasteiger partial charge on any atom is 0.143 e. The molecule has 0 aliphatic carbocycles. The zero-order valence-electron chi connectivity index (χ0n) is 32.4. The molecular formula is C55H36N4O. The van der Waals surface area contributed by atoms with Crippen molar-refractivity contribution in [2.24, 2.45) is 4.99 Å². The standard InChI is InChI=1S/C55H36N4O/c1-3-14-36-27-40(23-21-33(36)11-1)53-56-54(41-24-22-34-12-2-4-15-37(34)28-41)58-55(57-53)42-31-49(51-45-26-25-35-13-7-8-18-43(35)52(45)60-50(51)32-42)59-47-20-10-9-19-44(47)46-29-38-16-5-6-17-39(38)30-48(46)59/h1-32,53-54,56H,(H,57,58). The number of hydrogen-bond acceptors (Lipinski definition) is 4. The number of fused-ring (bicyclic) bond motifs is 11. The molecule has 2 N–H and O–H groups in total. The van der Waals surface area contributed by atoms with E-state index in [1.165, 1.54) is 43.1 Å². The third kappa shape index (κ3) is 5.13. The van der Waals surface area contributed by atoms with Gasteiger partial charge in [-0.05, 0) is 97.4 Å². The second-order valence-electron chi connectivity index (χ2n) is 16.0. The van der Waals surface area contributed by atoms with Crippen LogP contribution in [0.2, 0.25) is 0 Å². The first-order chi connectivity index (χ1) is 29.7. The van der Waals surface area contributed by atoms with Gasteiger partial charge >= 0.3 is 0 Å². The molecule has 282 valence electrons. The second kappa shape index (κ2) is 12.9. The number of aliphatic imine (C=N–C) groups is 1. The minimum absolute atomic E-state index is 0.225. The van der Waals surface area contributed by atoms with Crippen LogP contribution in [-0.2, 0) is 0 Å². The van der Waals surface area contributed by atoms with Crippen LogP contribution in [0.25, 0.3) is 92.5 Å². The summed E-state index contributed by atoms with van der Waals surface area (Å²) in [4.78, 5) is 5.51. The predicted molar refractivity (Wildman–Crippen MR) is 249 cm³/mol. The van der Waals surface area contributed by atoms with Gasteiger partial charge in [-0.3, -0.25) is 5.32 Å². The first-order valence-electron chi connectivity index (χ1n) is 20.6. The van der Waals surface area contributed by atoms with E-state index in [0.717, 1.165) is 72.0 Å². The van der Waals surface area contributed by atoms with E-state index in [4.69, 9.17) is 9.41 Å². The SMILES string of the molecule is c1ccc2cc(C3N=C(c4cc(-n5c6ccccc6c6cc7ccccc7cc65)c5c(c4)oc4c6ccccc6ccc45)NC(c4ccc5ccccc5c4)N3)ccc2c1. The van der Waals surface area contributed by atoms with Crippen LogP contribution in [-0.4, -0.2) is 10.4 Å². The zero-order valence-corrected chi connectivity index (χ0v) is 32.4. The van der Waals surface area contributed by atoms with E-state index >= 15 is 0 Å². The van der Waals surface area contributed by atoms with E-state index in [2.05, 4.69) is 209 Å². The molecule has 0 spiro atoms. The van der Waals surface area contributed by atoms with Gasteiger partial charge in [-0.25, -0.2) is 4.99 Å². The van der Waals surface area contributed by atoms with Crippen molar-refractivity contribution in [3.63, 3.8) is 0 Å². The topological polar surface area (TPSA) is 54.5 Å². The van der Waals surface area contributed by atoms with E-state index < -0.39 is 0 Å². The molecule has 3 heterocycles. The van der Waals surface area contributed by atoms with E-state index in [9.17, 15) is 0 Å². The fourth-order valence-electron chi connectivity index (χ4n) is 9.65. The molecule has 0 amide bonds. The van der Waals surface area contributed by atoms with Crippen LogP contribution in [0, 0.1) is 0 Å². The van der Waals surface area contributed by atoms with Gasteiger partial charge in [0.15, 0.2) is 0 Å². The Hall–Kier alpha value is -7.73. The van der Waals surface area contributed by atoms with Crippen molar-refractivity contribution in [3.8, 4) is 5.69 Å². The fraction of sp³-hybridized carbons (Fsp3) is 0.0364. The van der Waals surface area contributed by atoms with Crippen LogP contribution in [0.1, 0.15) is 29.0 Å².